The third kappa shape index (κ3) is 3.71. The van der Waals surface area contributed by atoms with Gasteiger partial charge in [0, 0.05) is 19.2 Å². The molecule has 126 valence electrons. The van der Waals surface area contributed by atoms with Crippen LogP contribution in [0.2, 0.25) is 0 Å². The number of esters is 2. The molecule has 2 aromatic rings. The van der Waals surface area contributed by atoms with Crippen LogP contribution in [0.1, 0.15) is 6.92 Å². The van der Waals surface area contributed by atoms with E-state index in [0.717, 1.165) is 10.8 Å². The molecule has 0 bridgehead atoms. The van der Waals surface area contributed by atoms with E-state index in [4.69, 9.17) is 0 Å². The first-order chi connectivity index (χ1) is 11.5. The number of hydrogen-bond donors (Lipinski definition) is 0. The molecule has 0 aliphatic rings. The van der Waals surface area contributed by atoms with Gasteiger partial charge in [0.25, 0.3) is 0 Å². The molecule has 6 nitrogen and oxygen atoms in total. The summed E-state index contributed by atoms with van der Waals surface area (Å²) >= 11 is 0. The van der Waals surface area contributed by atoms with Gasteiger partial charge >= 0.3 is 11.9 Å². The Hall–Kier alpha value is -2.89. The third-order valence-corrected chi connectivity index (χ3v) is 3.76. The van der Waals surface area contributed by atoms with E-state index in [2.05, 4.69) is 9.47 Å². The van der Waals surface area contributed by atoms with Gasteiger partial charge in [-0.05, 0) is 22.9 Å². The van der Waals surface area contributed by atoms with Gasteiger partial charge in [-0.3, -0.25) is 14.4 Å². The fourth-order valence-electron chi connectivity index (χ4n) is 2.47. The lowest BCUT2D eigenvalue weighted by Crippen LogP contribution is -2.41. The zero-order valence-electron chi connectivity index (χ0n) is 13.8. The van der Waals surface area contributed by atoms with Crippen LogP contribution in [-0.4, -0.2) is 38.6 Å². The number of fused-ring (bicyclic) bond motifs is 1. The Balaban J connectivity index is 2.38. The first-order valence-corrected chi connectivity index (χ1v) is 7.40. The molecule has 0 heterocycles. The van der Waals surface area contributed by atoms with Crippen molar-refractivity contribution in [3.63, 3.8) is 0 Å². The van der Waals surface area contributed by atoms with Crippen LogP contribution in [0.15, 0.2) is 42.5 Å². The Morgan fingerprint density at radius 2 is 1.54 bits per heavy atom. The minimum Gasteiger partial charge on any atom is -0.468 e. The van der Waals surface area contributed by atoms with Crippen LogP contribution in [0.25, 0.3) is 10.8 Å². The predicted octanol–water partition coefficient (Wildman–Crippen LogP) is 2.15. The van der Waals surface area contributed by atoms with E-state index in [9.17, 15) is 14.4 Å². The Bertz CT molecular complexity index is 755. The summed E-state index contributed by atoms with van der Waals surface area (Å²) in [5.74, 6) is -2.97. The van der Waals surface area contributed by atoms with Crippen molar-refractivity contribution in [2.75, 3.05) is 25.7 Å². The van der Waals surface area contributed by atoms with E-state index in [1.165, 1.54) is 26.0 Å². The summed E-state index contributed by atoms with van der Waals surface area (Å²) in [4.78, 5) is 37.1. The summed E-state index contributed by atoms with van der Waals surface area (Å²) < 4.78 is 9.29. The minimum absolute atomic E-state index is 0.146. The molecule has 0 saturated heterocycles. The summed E-state index contributed by atoms with van der Waals surface area (Å²) in [6.07, 6.45) is 0. The van der Waals surface area contributed by atoms with E-state index < -0.39 is 17.9 Å². The van der Waals surface area contributed by atoms with Crippen molar-refractivity contribution in [3.05, 3.63) is 42.5 Å². The number of nitrogens with zero attached hydrogens (tertiary/aromatic N) is 1. The van der Waals surface area contributed by atoms with Crippen molar-refractivity contribution in [3.8, 4) is 0 Å². The second-order valence-corrected chi connectivity index (χ2v) is 5.26. The molecule has 6 heteroatoms. The number of anilines is 1. The topological polar surface area (TPSA) is 72.9 Å². The predicted molar refractivity (Wildman–Crippen MR) is 89.5 cm³/mol. The van der Waals surface area contributed by atoms with E-state index in [1.807, 2.05) is 36.4 Å². The van der Waals surface area contributed by atoms with Gasteiger partial charge in [0.05, 0.1) is 14.2 Å². The molecule has 2 rings (SSSR count). The Morgan fingerprint density at radius 1 is 0.958 bits per heavy atom. The normalized spacial score (nSPS) is 10.5. The summed E-state index contributed by atoms with van der Waals surface area (Å²) in [6, 6.07) is 13.2. The number of methoxy groups -OCH3 is 2. The third-order valence-electron chi connectivity index (χ3n) is 3.76. The van der Waals surface area contributed by atoms with Crippen molar-refractivity contribution < 1.29 is 23.9 Å². The largest absolute Gasteiger partial charge is 0.468 e. The molecule has 0 saturated carbocycles. The van der Waals surface area contributed by atoms with Crippen molar-refractivity contribution in [2.24, 2.45) is 5.92 Å². The van der Waals surface area contributed by atoms with Crippen LogP contribution < -0.4 is 4.90 Å². The van der Waals surface area contributed by atoms with E-state index in [-0.39, 0.29) is 12.5 Å². The average molecular weight is 329 g/mol. The SMILES string of the molecule is COC(=O)C(CN(C(C)=O)c1ccc2ccccc2c1)C(=O)OC. The summed E-state index contributed by atoms with van der Waals surface area (Å²) in [7, 11) is 2.37. The highest BCUT2D eigenvalue weighted by Gasteiger charge is 2.32. The van der Waals surface area contributed by atoms with Gasteiger partial charge in [-0.15, -0.1) is 0 Å². The van der Waals surface area contributed by atoms with Crippen molar-refractivity contribution >= 4 is 34.3 Å². The fraction of sp³-hybridized carbons (Fsp3) is 0.278. The number of carbonyl (C=O) groups is 3. The number of hydrogen-bond acceptors (Lipinski definition) is 5. The molecule has 0 atom stereocenters. The van der Waals surface area contributed by atoms with Crippen molar-refractivity contribution in [2.45, 2.75) is 6.92 Å². The summed E-state index contributed by atoms with van der Waals surface area (Å²) in [6.45, 7) is 1.23. The maximum Gasteiger partial charge on any atom is 0.321 e. The van der Waals surface area contributed by atoms with Crippen LogP contribution in [-0.2, 0) is 23.9 Å². The molecule has 0 N–H and O–H groups in total. The molecular formula is C18H19NO5. The molecule has 0 fully saturated rings. The number of rotatable bonds is 5. The van der Waals surface area contributed by atoms with Crippen molar-refractivity contribution in [1.82, 2.24) is 0 Å². The molecule has 0 unspecified atom stereocenters. The van der Waals surface area contributed by atoms with Gasteiger partial charge in [0.1, 0.15) is 0 Å². The molecule has 0 aliphatic heterocycles. The molecule has 24 heavy (non-hydrogen) atoms. The maximum absolute atomic E-state index is 12.1. The van der Waals surface area contributed by atoms with Crippen LogP contribution >= 0.6 is 0 Å². The summed E-state index contributed by atoms with van der Waals surface area (Å²) in [5.41, 5.74) is 0.596. The number of benzene rings is 2. The lowest BCUT2D eigenvalue weighted by atomic mass is 10.1. The van der Waals surface area contributed by atoms with Gasteiger partial charge in [-0.25, -0.2) is 0 Å². The molecule has 0 radical (unpaired) electrons. The first-order valence-electron chi connectivity index (χ1n) is 7.40. The van der Waals surface area contributed by atoms with Gasteiger partial charge in [0.15, 0.2) is 5.92 Å². The maximum atomic E-state index is 12.1. The van der Waals surface area contributed by atoms with Crippen LogP contribution in [0, 0.1) is 5.92 Å². The Labute approximate surface area is 140 Å². The van der Waals surface area contributed by atoms with E-state index in [1.54, 1.807) is 6.07 Å². The number of ether oxygens (including phenoxy) is 2. The highest BCUT2D eigenvalue weighted by Crippen LogP contribution is 2.23. The van der Waals surface area contributed by atoms with Crippen LogP contribution in [0.5, 0.6) is 0 Å². The number of carbonyl (C=O) groups excluding carboxylic acids is 3. The number of amides is 1. The molecule has 0 spiro atoms. The highest BCUT2D eigenvalue weighted by atomic mass is 16.5. The van der Waals surface area contributed by atoms with Gasteiger partial charge < -0.3 is 14.4 Å². The molecule has 0 aromatic heterocycles. The Morgan fingerprint density at radius 3 is 2.08 bits per heavy atom. The minimum atomic E-state index is -1.20. The monoisotopic (exact) mass is 329 g/mol. The zero-order chi connectivity index (χ0) is 17.7. The zero-order valence-corrected chi connectivity index (χ0v) is 13.8. The second-order valence-electron chi connectivity index (χ2n) is 5.26. The molecule has 0 aliphatic carbocycles. The van der Waals surface area contributed by atoms with Crippen LogP contribution in [0.4, 0.5) is 5.69 Å². The lowest BCUT2D eigenvalue weighted by molar-refractivity contribution is -0.158. The molecule has 2 aromatic carbocycles. The average Bonchev–Trinajstić information content (AvgIpc) is 2.60. The van der Waals surface area contributed by atoms with Crippen molar-refractivity contribution in [1.29, 1.82) is 0 Å². The fourth-order valence-corrected chi connectivity index (χ4v) is 2.47. The van der Waals surface area contributed by atoms with Gasteiger partial charge in [-0.1, -0.05) is 30.3 Å². The standard InChI is InChI=1S/C18H19NO5/c1-12(20)19(11-16(17(21)23-2)18(22)24-3)15-9-8-13-6-4-5-7-14(13)10-15/h4-10,16H,11H2,1-3H3. The molecule has 1 amide bonds. The molecular weight excluding hydrogens is 310 g/mol. The first kappa shape index (κ1) is 17.5. The summed E-state index contributed by atoms with van der Waals surface area (Å²) in [5, 5.41) is 1.98. The van der Waals surface area contributed by atoms with E-state index >= 15 is 0 Å². The van der Waals surface area contributed by atoms with Crippen LogP contribution in [0.3, 0.4) is 0 Å². The smallest absolute Gasteiger partial charge is 0.321 e. The van der Waals surface area contributed by atoms with Gasteiger partial charge in [-0.2, -0.15) is 0 Å². The van der Waals surface area contributed by atoms with E-state index in [0.29, 0.717) is 5.69 Å². The van der Waals surface area contributed by atoms with Gasteiger partial charge in [0.2, 0.25) is 5.91 Å². The second kappa shape index (κ2) is 7.59. The quantitative estimate of drug-likeness (QED) is 0.621. The highest BCUT2D eigenvalue weighted by molar-refractivity contribution is 5.99. The lowest BCUT2D eigenvalue weighted by Gasteiger charge is -2.24. The Kier molecular flexibility index (Phi) is 5.52.